The van der Waals surface area contributed by atoms with E-state index in [0.29, 0.717) is 0 Å². The van der Waals surface area contributed by atoms with Crippen molar-refractivity contribution in [3.63, 3.8) is 0 Å². The Kier molecular flexibility index (Phi) is 7.12. The van der Waals surface area contributed by atoms with Gasteiger partial charge in [0.25, 0.3) is 0 Å². The van der Waals surface area contributed by atoms with Crippen LogP contribution in [0.5, 0.6) is 5.75 Å². The fraction of sp³-hybridized carbons (Fsp3) is 0.556. The van der Waals surface area contributed by atoms with E-state index in [1.165, 1.54) is 56.9 Å². The van der Waals surface area contributed by atoms with Gasteiger partial charge in [-0.15, -0.1) is 0 Å². The van der Waals surface area contributed by atoms with Crippen molar-refractivity contribution in [3.8, 4) is 5.75 Å². The van der Waals surface area contributed by atoms with Gasteiger partial charge in [-0.3, -0.25) is 4.90 Å². The molecule has 2 unspecified atom stereocenters. The summed E-state index contributed by atoms with van der Waals surface area (Å²) in [6.07, 6.45) is 9.97. The van der Waals surface area contributed by atoms with Crippen molar-refractivity contribution in [2.45, 2.75) is 76.4 Å². The molecule has 30 heavy (non-hydrogen) atoms. The molecule has 2 atom stereocenters. The molecule has 2 aromatic rings. The van der Waals surface area contributed by atoms with E-state index in [-0.39, 0.29) is 11.8 Å². The molecular formula is C27H37NO2. The van der Waals surface area contributed by atoms with Gasteiger partial charge in [-0.2, -0.15) is 0 Å². The second-order valence-electron chi connectivity index (χ2n) is 9.54. The SMILES string of the molecule is CC(C(O)c1ccc(O)cc1)N1CCC(Cc2cccc(C3CCCCC3)c2)CC1. The van der Waals surface area contributed by atoms with Gasteiger partial charge in [0.2, 0.25) is 0 Å². The summed E-state index contributed by atoms with van der Waals surface area (Å²) in [6.45, 7) is 4.21. The summed E-state index contributed by atoms with van der Waals surface area (Å²) in [5.41, 5.74) is 3.95. The van der Waals surface area contributed by atoms with E-state index in [1.807, 2.05) is 12.1 Å². The van der Waals surface area contributed by atoms with Crippen molar-refractivity contribution in [2.75, 3.05) is 13.1 Å². The summed E-state index contributed by atoms with van der Waals surface area (Å²) < 4.78 is 0. The molecule has 0 radical (unpaired) electrons. The second kappa shape index (κ2) is 9.98. The molecule has 2 aliphatic rings. The third-order valence-corrected chi connectivity index (χ3v) is 7.47. The number of rotatable bonds is 6. The van der Waals surface area contributed by atoms with Crippen LogP contribution in [0.2, 0.25) is 0 Å². The quantitative estimate of drug-likeness (QED) is 0.634. The largest absolute Gasteiger partial charge is 0.508 e. The summed E-state index contributed by atoms with van der Waals surface area (Å²) >= 11 is 0. The minimum atomic E-state index is -0.519. The molecule has 162 valence electrons. The zero-order valence-electron chi connectivity index (χ0n) is 18.3. The van der Waals surface area contributed by atoms with Crippen LogP contribution in [-0.2, 0) is 6.42 Å². The number of hydrogen-bond donors (Lipinski definition) is 2. The summed E-state index contributed by atoms with van der Waals surface area (Å²) in [5.74, 6) is 1.76. The Bertz CT molecular complexity index is 789. The molecule has 2 N–H and O–H groups in total. The predicted octanol–water partition coefficient (Wildman–Crippen LogP) is 5.82. The number of phenols is 1. The van der Waals surface area contributed by atoms with Crippen LogP contribution in [0.3, 0.4) is 0 Å². The second-order valence-corrected chi connectivity index (χ2v) is 9.54. The highest BCUT2D eigenvalue weighted by Gasteiger charge is 2.27. The first-order valence-electron chi connectivity index (χ1n) is 11.9. The van der Waals surface area contributed by atoms with Crippen molar-refractivity contribution in [3.05, 3.63) is 65.2 Å². The third-order valence-electron chi connectivity index (χ3n) is 7.47. The molecular weight excluding hydrogens is 370 g/mol. The monoisotopic (exact) mass is 407 g/mol. The molecule has 0 amide bonds. The van der Waals surface area contributed by atoms with Crippen molar-refractivity contribution >= 4 is 0 Å². The maximum Gasteiger partial charge on any atom is 0.115 e. The average Bonchev–Trinajstić information content (AvgIpc) is 2.80. The Morgan fingerprint density at radius 3 is 2.33 bits per heavy atom. The van der Waals surface area contributed by atoms with E-state index in [9.17, 15) is 10.2 Å². The number of benzene rings is 2. The summed E-state index contributed by atoms with van der Waals surface area (Å²) in [6, 6.07) is 16.4. The number of aliphatic hydroxyl groups excluding tert-OH is 1. The van der Waals surface area contributed by atoms with E-state index in [2.05, 4.69) is 36.1 Å². The normalized spacial score (nSPS) is 21.4. The van der Waals surface area contributed by atoms with Crippen molar-refractivity contribution in [1.82, 2.24) is 4.90 Å². The molecule has 1 heterocycles. The van der Waals surface area contributed by atoms with Crippen LogP contribution in [0.1, 0.15) is 80.6 Å². The maximum absolute atomic E-state index is 10.8. The molecule has 2 aromatic carbocycles. The van der Waals surface area contributed by atoms with E-state index < -0.39 is 6.10 Å². The number of likely N-dealkylation sites (tertiary alicyclic amines) is 1. The molecule has 0 spiro atoms. The van der Waals surface area contributed by atoms with Crippen LogP contribution in [0.4, 0.5) is 0 Å². The summed E-state index contributed by atoms with van der Waals surface area (Å²) in [4.78, 5) is 2.42. The molecule has 1 saturated heterocycles. The zero-order valence-corrected chi connectivity index (χ0v) is 18.3. The average molecular weight is 408 g/mol. The number of aliphatic hydroxyl groups is 1. The highest BCUT2D eigenvalue weighted by atomic mass is 16.3. The smallest absolute Gasteiger partial charge is 0.115 e. The Balaban J connectivity index is 1.30. The molecule has 3 nitrogen and oxygen atoms in total. The molecule has 2 fully saturated rings. The Hall–Kier alpha value is -1.84. The van der Waals surface area contributed by atoms with E-state index in [1.54, 1.807) is 17.7 Å². The van der Waals surface area contributed by atoms with Gasteiger partial charge in [0, 0.05) is 6.04 Å². The number of nitrogens with zero attached hydrogens (tertiary/aromatic N) is 1. The third kappa shape index (κ3) is 5.25. The van der Waals surface area contributed by atoms with Gasteiger partial charge >= 0.3 is 0 Å². The number of phenolic OH excluding ortho intramolecular Hbond substituents is 1. The number of aromatic hydroxyl groups is 1. The number of hydrogen-bond acceptors (Lipinski definition) is 3. The highest BCUT2D eigenvalue weighted by Crippen LogP contribution is 2.34. The molecule has 1 aliphatic carbocycles. The Morgan fingerprint density at radius 2 is 1.63 bits per heavy atom. The minimum Gasteiger partial charge on any atom is -0.508 e. The molecule has 1 saturated carbocycles. The fourth-order valence-corrected chi connectivity index (χ4v) is 5.46. The predicted molar refractivity (Wildman–Crippen MR) is 123 cm³/mol. The lowest BCUT2D eigenvalue weighted by atomic mass is 9.82. The summed E-state index contributed by atoms with van der Waals surface area (Å²) in [7, 11) is 0. The van der Waals surface area contributed by atoms with Crippen molar-refractivity contribution < 1.29 is 10.2 Å². The standard InChI is InChI=1S/C27H37NO2/c1-20(27(30)24-10-12-26(29)13-11-24)28-16-14-21(15-17-28)18-22-6-5-9-25(19-22)23-7-3-2-4-8-23/h5-6,9-13,19-21,23,27,29-30H,2-4,7-8,14-18H2,1H3. The first kappa shape index (κ1) is 21.4. The lowest BCUT2D eigenvalue weighted by Crippen LogP contribution is -2.43. The maximum atomic E-state index is 10.8. The van der Waals surface area contributed by atoms with E-state index >= 15 is 0 Å². The van der Waals surface area contributed by atoms with Crippen LogP contribution in [-0.4, -0.2) is 34.2 Å². The van der Waals surface area contributed by atoms with Crippen LogP contribution in [0.25, 0.3) is 0 Å². The van der Waals surface area contributed by atoms with Crippen LogP contribution in [0.15, 0.2) is 48.5 Å². The van der Waals surface area contributed by atoms with Gasteiger partial charge in [-0.05, 0) is 92.8 Å². The lowest BCUT2D eigenvalue weighted by Gasteiger charge is -2.38. The topological polar surface area (TPSA) is 43.7 Å². The molecule has 4 rings (SSSR count). The number of piperidine rings is 1. The van der Waals surface area contributed by atoms with Gasteiger partial charge in [0.1, 0.15) is 5.75 Å². The zero-order chi connectivity index (χ0) is 20.9. The van der Waals surface area contributed by atoms with Crippen LogP contribution in [0, 0.1) is 5.92 Å². The van der Waals surface area contributed by atoms with Gasteiger partial charge < -0.3 is 10.2 Å². The highest BCUT2D eigenvalue weighted by molar-refractivity contribution is 5.28. The molecule has 1 aliphatic heterocycles. The molecule has 3 heteroatoms. The van der Waals surface area contributed by atoms with Gasteiger partial charge in [-0.25, -0.2) is 0 Å². The van der Waals surface area contributed by atoms with Gasteiger partial charge in [-0.1, -0.05) is 55.7 Å². The van der Waals surface area contributed by atoms with Crippen LogP contribution < -0.4 is 0 Å². The first-order valence-corrected chi connectivity index (χ1v) is 11.9. The fourth-order valence-electron chi connectivity index (χ4n) is 5.46. The van der Waals surface area contributed by atoms with Crippen molar-refractivity contribution in [1.29, 1.82) is 0 Å². The van der Waals surface area contributed by atoms with Gasteiger partial charge in [0.15, 0.2) is 0 Å². The molecule has 0 aromatic heterocycles. The summed E-state index contributed by atoms with van der Waals surface area (Å²) in [5, 5.41) is 20.2. The Labute approximate surface area is 181 Å². The lowest BCUT2D eigenvalue weighted by molar-refractivity contribution is 0.0373. The van der Waals surface area contributed by atoms with Crippen molar-refractivity contribution in [2.24, 2.45) is 5.92 Å². The van der Waals surface area contributed by atoms with E-state index in [4.69, 9.17) is 0 Å². The Morgan fingerprint density at radius 1 is 0.933 bits per heavy atom. The first-order chi connectivity index (χ1) is 14.6. The minimum absolute atomic E-state index is 0.0881. The van der Waals surface area contributed by atoms with Crippen LogP contribution >= 0.6 is 0 Å². The van der Waals surface area contributed by atoms with Gasteiger partial charge in [0.05, 0.1) is 6.10 Å². The molecule has 0 bridgehead atoms. The van der Waals surface area contributed by atoms with E-state index in [0.717, 1.165) is 30.5 Å².